The molecule has 1 aromatic rings. The van der Waals surface area contributed by atoms with Crippen LogP contribution in [0.5, 0.6) is 0 Å². The number of nitrogens with one attached hydrogen (secondary N) is 2. The first-order valence-electron chi connectivity index (χ1n) is 9.61. The predicted octanol–water partition coefficient (Wildman–Crippen LogP) is 2.34. The molecule has 1 aliphatic rings. The van der Waals surface area contributed by atoms with Crippen molar-refractivity contribution in [3.05, 3.63) is 30.3 Å². The lowest BCUT2D eigenvalue weighted by Crippen LogP contribution is -2.51. The Bertz CT molecular complexity index is 733. The molecule has 0 aromatic heterocycles. The molecule has 28 heavy (non-hydrogen) atoms. The summed E-state index contributed by atoms with van der Waals surface area (Å²) in [7, 11) is -3.47. The summed E-state index contributed by atoms with van der Waals surface area (Å²) in [5, 5.41) is 5.50. The fraction of sp³-hybridized carbons (Fsp3) is 0.579. The summed E-state index contributed by atoms with van der Waals surface area (Å²) in [6.07, 6.45) is 5.52. The van der Waals surface area contributed by atoms with Gasteiger partial charge in [-0.25, -0.2) is 4.79 Å². The molecule has 1 aliphatic heterocycles. The fourth-order valence-corrected chi connectivity index (χ4v) is 3.52. The molecule has 2 N–H and O–H groups in total. The lowest BCUT2D eigenvalue weighted by molar-refractivity contribution is -0.134. The summed E-state index contributed by atoms with van der Waals surface area (Å²) in [6, 6.07) is 7.92. The van der Waals surface area contributed by atoms with E-state index in [1.54, 1.807) is 17.0 Å². The minimum Gasteiger partial charge on any atom is -0.341 e. The van der Waals surface area contributed by atoms with E-state index in [1.165, 1.54) is 0 Å². The van der Waals surface area contributed by atoms with Crippen LogP contribution in [0, 0.1) is 0 Å². The zero-order chi connectivity index (χ0) is 20.4. The number of rotatable bonds is 9. The molecular formula is C19H29N3O5S. The largest absolute Gasteiger partial charge is 0.341 e. The van der Waals surface area contributed by atoms with Gasteiger partial charge in [-0.3, -0.25) is 8.98 Å². The summed E-state index contributed by atoms with van der Waals surface area (Å²) in [5.41, 5.74) is 0.644. The molecule has 0 radical (unpaired) electrons. The summed E-state index contributed by atoms with van der Waals surface area (Å²) in [5.74, 6) is -0.0908. The second kappa shape index (κ2) is 11.0. The standard InChI is InChI=1S/C19H29N3O5S/c1-28(25,26)27-15-9-6-12-17(18(23)22-13-7-3-8-14-22)21-19(24)20-16-10-4-2-5-11-16/h2,4-5,10-11,17H,3,6-9,12-15H2,1H3,(H2,20,21,24). The number of hydrogen-bond donors (Lipinski definition) is 2. The molecular weight excluding hydrogens is 382 g/mol. The minimum atomic E-state index is -3.47. The second-order valence-electron chi connectivity index (χ2n) is 6.92. The zero-order valence-corrected chi connectivity index (χ0v) is 17.0. The highest BCUT2D eigenvalue weighted by Gasteiger charge is 2.26. The van der Waals surface area contributed by atoms with Gasteiger partial charge >= 0.3 is 6.03 Å². The first-order valence-corrected chi connectivity index (χ1v) is 11.4. The molecule has 2 rings (SSSR count). The van der Waals surface area contributed by atoms with Crippen LogP contribution in [0.3, 0.4) is 0 Å². The van der Waals surface area contributed by atoms with Crippen molar-refractivity contribution in [2.75, 3.05) is 31.3 Å². The smallest absolute Gasteiger partial charge is 0.319 e. The highest BCUT2D eigenvalue weighted by molar-refractivity contribution is 7.85. The van der Waals surface area contributed by atoms with Crippen LogP contribution in [-0.2, 0) is 19.1 Å². The maximum Gasteiger partial charge on any atom is 0.319 e. The van der Waals surface area contributed by atoms with Crippen molar-refractivity contribution in [1.29, 1.82) is 0 Å². The Hall–Kier alpha value is -2.13. The van der Waals surface area contributed by atoms with Gasteiger partial charge in [-0.15, -0.1) is 0 Å². The van der Waals surface area contributed by atoms with Crippen molar-refractivity contribution >= 4 is 27.7 Å². The molecule has 1 unspecified atom stereocenters. The van der Waals surface area contributed by atoms with E-state index in [1.807, 2.05) is 18.2 Å². The third-order valence-electron chi connectivity index (χ3n) is 4.49. The molecule has 1 heterocycles. The summed E-state index contributed by atoms with van der Waals surface area (Å²) < 4.78 is 26.8. The number of likely N-dealkylation sites (tertiary alicyclic amines) is 1. The van der Waals surface area contributed by atoms with Crippen molar-refractivity contribution < 1.29 is 22.2 Å². The van der Waals surface area contributed by atoms with Gasteiger partial charge < -0.3 is 15.5 Å². The first kappa shape index (κ1) is 22.2. The van der Waals surface area contributed by atoms with E-state index >= 15 is 0 Å². The van der Waals surface area contributed by atoms with Crippen LogP contribution in [-0.4, -0.2) is 57.3 Å². The number of urea groups is 1. The molecule has 1 saturated heterocycles. The van der Waals surface area contributed by atoms with E-state index in [0.717, 1.165) is 25.5 Å². The number of unbranched alkanes of at least 4 members (excludes halogenated alkanes) is 1. The van der Waals surface area contributed by atoms with Crippen molar-refractivity contribution in [2.45, 2.75) is 44.6 Å². The highest BCUT2D eigenvalue weighted by atomic mass is 32.2. The SMILES string of the molecule is CS(=O)(=O)OCCCCC(NC(=O)Nc1ccccc1)C(=O)N1CCCCC1. The third kappa shape index (κ3) is 8.26. The Morgan fingerprint density at radius 3 is 2.43 bits per heavy atom. The molecule has 8 nitrogen and oxygen atoms in total. The Labute approximate surface area is 166 Å². The summed E-state index contributed by atoms with van der Waals surface area (Å²) in [4.78, 5) is 27.0. The number of anilines is 1. The van der Waals surface area contributed by atoms with E-state index in [9.17, 15) is 18.0 Å². The number of nitrogens with zero attached hydrogens (tertiary/aromatic N) is 1. The molecule has 9 heteroatoms. The van der Waals surface area contributed by atoms with Gasteiger partial charge in [-0.2, -0.15) is 8.42 Å². The zero-order valence-electron chi connectivity index (χ0n) is 16.2. The van der Waals surface area contributed by atoms with Crippen LogP contribution in [0.25, 0.3) is 0 Å². The first-order chi connectivity index (χ1) is 13.3. The quantitative estimate of drug-likeness (QED) is 0.479. The fourth-order valence-electron chi connectivity index (χ4n) is 3.10. The van der Waals surface area contributed by atoms with Gasteiger partial charge in [0.1, 0.15) is 6.04 Å². The second-order valence-corrected chi connectivity index (χ2v) is 8.57. The molecule has 156 valence electrons. The minimum absolute atomic E-state index is 0.0691. The van der Waals surface area contributed by atoms with Gasteiger partial charge in [0.15, 0.2) is 0 Å². The van der Waals surface area contributed by atoms with Crippen molar-refractivity contribution in [1.82, 2.24) is 10.2 Å². The Morgan fingerprint density at radius 1 is 1.11 bits per heavy atom. The molecule has 0 spiro atoms. The average molecular weight is 412 g/mol. The van der Waals surface area contributed by atoms with E-state index in [-0.39, 0.29) is 12.5 Å². The highest BCUT2D eigenvalue weighted by Crippen LogP contribution is 2.13. The lowest BCUT2D eigenvalue weighted by atomic mass is 10.1. The lowest BCUT2D eigenvalue weighted by Gasteiger charge is -2.30. The number of hydrogen-bond acceptors (Lipinski definition) is 5. The van der Waals surface area contributed by atoms with Gasteiger partial charge in [0.05, 0.1) is 12.9 Å². The van der Waals surface area contributed by atoms with Crippen LogP contribution < -0.4 is 10.6 Å². The third-order valence-corrected chi connectivity index (χ3v) is 5.08. The number of piperidine rings is 1. The molecule has 0 saturated carbocycles. The number of amides is 3. The van der Waals surface area contributed by atoms with E-state index in [0.29, 0.717) is 38.0 Å². The maximum atomic E-state index is 12.9. The molecule has 3 amide bonds. The molecule has 1 aromatic carbocycles. The van der Waals surface area contributed by atoms with E-state index < -0.39 is 22.2 Å². The average Bonchev–Trinajstić information content (AvgIpc) is 2.67. The van der Waals surface area contributed by atoms with Gasteiger partial charge in [0.2, 0.25) is 5.91 Å². The molecule has 1 atom stereocenters. The van der Waals surface area contributed by atoms with Gasteiger partial charge in [-0.05, 0) is 50.7 Å². The molecule has 1 fully saturated rings. The summed E-state index contributed by atoms with van der Waals surface area (Å²) in [6.45, 7) is 1.47. The Balaban J connectivity index is 1.90. The van der Waals surface area contributed by atoms with Gasteiger partial charge in [-0.1, -0.05) is 18.2 Å². The van der Waals surface area contributed by atoms with Crippen molar-refractivity contribution in [2.24, 2.45) is 0 Å². The topological polar surface area (TPSA) is 105 Å². The van der Waals surface area contributed by atoms with E-state index in [2.05, 4.69) is 10.6 Å². The van der Waals surface area contributed by atoms with E-state index in [4.69, 9.17) is 4.18 Å². The van der Waals surface area contributed by atoms with Crippen LogP contribution in [0.2, 0.25) is 0 Å². The maximum absolute atomic E-state index is 12.9. The number of para-hydroxylation sites is 1. The van der Waals surface area contributed by atoms with Crippen LogP contribution in [0.1, 0.15) is 38.5 Å². The predicted molar refractivity (Wildman–Crippen MR) is 107 cm³/mol. The summed E-state index contributed by atoms with van der Waals surface area (Å²) >= 11 is 0. The molecule has 0 aliphatic carbocycles. The van der Waals surface area contributed by atoms with Gasteiger partial charge in [0, 0.05) is 18.8 Å². The van der Waals surface area contributed by atoms with Gasteiger partial charge in [0.25, 0.3) is 10.1 Å². The Morgan fingerprint density at radius 2 is 1.79 bits per heavy atom. The number of carbonyl (C=O) groups is 2. The van der Waals surface area contributed by atoms with Crippen LogP contribution in [0.15, 0.2) is 30.3 Å². The number of carbonyl (C=O) groups excluding carboxylic acids is 2. The monoisotopic (exact) mass is 411 g/mol. The number of benzene rings is 1. The Kier molecular flexibility index (Phi) is 8.72. The van der Waals surface area contributed by atoms with Crippen molar-refractivity contribution in [3.8, 4) is 0 Å². The van der Waals surface area contributed by atoms with Crippen LogP contribution in [0.4, 0.5) is 10.5 Å². The molecule has 0 bridgehead atoms. The van der Waals surface area contributed by atoms with Crippen LogP contribution >= 0.6 is 0 Å². The normalized spacial score (nSPS) is 15.7. The van der Waals surface area contributed by atoms with Crippen molar-refractivity contribution in [3.63, 3.8) is 0 Å².